The maximum atomic E-state index is 12.8. The third-order valence-electron chi connectivity index (χ3n) is 3.30. The van der Waals surface area contributed by atoms with Gasteiger partial charge in [-0.15, -0.1) is 0 Å². The van der Waals surface area contributed by atoms with Crippen molar-refractivity contribution >= 4 is 0 Å². The Morgan fingerprint density at radius 1 is 1.23 bits per heavy atom. The van der Waals surface area contributed by atoms with Gasteiger partial charge in [-0.3, -0.25) is 9.47 Å². The molecule has 0 N–H and O–H groups in total. The molecule has 1 aromatic carbocycles. The number of hydrogen-bond acceptors (Lipinski definition) is 4. The molecule has 2 rings (SSSR count). The zero-order valence-corrected chi connectivity index (χ0v) is 12.8. The van der Waals surface area contributed by atoms with Gasteiger partial charge in [0, 0.05) is 30.6 Å². The average Bonchev–Trinajstić information content (AvgIpc) is 2.95. The highest BCUT2D eigenvalue weighted by Crippen LogP contribution is 2.26. The van der Waals surface area contributed by atoms with Crippen LogP contribution in [0.15, 0.2) is 30.6 Å². The first-order valence-corrected chi connectivity index (χ1v) is 6.74. The number of benzene rings is 1. The molecular weight excluding hydrogens is 292 g/mol. The van der Waals surface area contributed by atoms with Crippen molar-refractivity contribution in [2.45, 2.75) is 19.6 Å². The SMILES string of the molecule is COc1ccc(CN(C)Cc2nccn2C(F)F)c(OC)c1. The fourth-order valence-corrected chi connectivity index (χ4v) is 2.21. The topological polar surface area (TPSA) is 39.5 Å². The smallest absolute Gasteiger partial charge is 0.319 e. The van der Waals surface area contributed by atoms with Gasteiger partial charge < -0.3 is 9.47 Å². The van der Waals surface area contributed by atoms with E-state index in [2.05, 4.69) is 4.98 Å². The summed E-state index contributed by atoms with van der Waals surface area (Å²) in [6.07, 6.45) is 2.66. The summed E-state index contributed by atoms with van der Waals surface area (Å²) in [5.41, 5.74) is 0.945. The molecule has 7 heteroatoms. The zero-order valence-electron chi connectivity index (χ0n) is 12.8. The summed E-state index contributed by atoms with van der Waals surface area (Å²) in [5, 5.41) is 0. The van der Waals surface area contributed by atoms with Crippen LogP contribution in [0, 0.1) is 0 Å². The Morgan fingerprint density at radius 2 is 2.00 bits per heavy atom. The molecule has 0 amide bonds. The first-order chi connectivity index (χ1) is 10.5. The minimum Gasteiger partial charge on any atom is -0.497 e. The van der Waals surface area contributed by atoms with Gasteiger partial charge in [-0.1, -0.05) is 6.07 Å². The van der Waals surface area contributed by atoms with Crippen molar-refractivity contribution in [1.82, 2.24) is 14.5 Å². The predicted octanol–water partition coefficient (Wildman–Crippen LogP) is 2.93. The largest absolute Gasteiger partial charge is 0.497 e. The predicted molar refractivity (Wildman–Crippen MR) is 78.2 cm³/mol. The maximum Gasteiger partial charge on any atom is 0.319 e. The Labute approximate surface area is 128 Å². The fourth-order valence-electron chi connectivity index (χ4n) is 2.21. The highest BCUT2D eigenvalue weighted by atomic mass is 19.3. The van der Waals surface area contributed by atoms with Crippen molar-refractivity contribution in [3.8, 4) is 11.5 Å². The lowest BCUT2D eigenvalue weighted by atomic mass is 10.2. The summed E-state index contributed by atoms with van der Waals surface area (Å²) in [7, 11) is 5.01. The molecule has 0 fully saturated rings. The summed E-state index contributed by atoms with van der Waals surface area (Å²) in [6.45, 7) is -1.73. The van der Waals surface area contributed by atoms with Crippen LogP contribution in [0.2, 0.25) is 0 Å². The van der Waals surface area contributed by atoms with Crippen LogP contribution in [-0.2, 0) is 13.1 Å². The van der Waals surface area contributed by atoms with E-state index in [1.165, 1.54) is 12.4 Å². The number of methoxy groups -OCH3 is 2. The van der Waals surface area contributed by atoms with Crippen LogP contribution in [0.25, 0.3) is 0 Å². The lowest BCUT2D eigenvalue weighted by Crippen LogP contribution is -2.20. The van der Waals surface area contributed by atoms with Gasteiger partial charge in [-0.2, -0.15) is 8.78 Å². The van der Waals surface area contributed by atoms with Crippen LogP contribution in [-0.4, -0.2) is 35.7 Å². The molecule has 2 aromatic rings. The van der Waals surface area contributed by atoms with Crippen molar-refractivity contribution < 1.29 is 18.3 Å². The van der Waals surface area contributed by atoms with Crippen LogP contribution in [0.4, 0.5) is 8.78 Å². The zero-order chi connectivity index (χ0) is 16.1. The number of imidazole rings is 1. The van der Waals surface area contributed by atoms with Gasteiger partial charge in [0.25, 0.3) is 0 Å². The van der Waals surface area contributed by atoms with Crippen LogP contribution in [0.5, 0.6) is 11.5 Å². The Bertz CT molecular complexity index is 617. The van der Waals surface area contributed by atoms with Crippen molar-refractivity contribution in [3.05, 3.63) is 42.0 Å². The molecule has 0 bridgehead atoms. The van der Waals surface area contributed by atoms with E-state index in [9.17, 15) is 8.78 Å². The molecule has 0 saturated heterocycles. The number of nitrogens with zero attached hydrogens (tertiary/aromatic N) is 3. The van der Waals surface area contributed by atoms with Gasteiger partial charge in [0.05, 0.1) is 20.8 Å². The summed E-state index contributed by atoms with van der Waals surface area (Å²) < 4.78 is 37.0. The van der Waals surface area contributed by atoms with Crippen LogP contribution in [0.3, 0.4) is 0 Å². The minimum absolute atomic E-state index is 0.312. The Balaban J connectivity index is 2.08. The molecule has 0 atom stereocenters. The summed E-state index contributed by atoms with van der Waals surface area (Å²) in [6, 6.07) is 5.53. The highest BCUT2D eigenvalue weighted by molar-refractivity contribution is 5.40. The minimum atomic E-state index is -2.58. The van der Waals surface area contributed by atoms with Crippen molar-refractivity contribution in [3.63, 3.8) is 0 Å². The van der Waals surface area contributed by atoms with Crippen LogP contribution < -0.4 is 9.47 Å². The first kappa shape index (κ1) is 16.2. The second kappa shape index (κ2) is 7.22. The van der Waals surface area contributed by atoms with Gasteiger partial charge in [-0.25, -0.2) is 4.98 Å². The number of aromatic nitrogens is 2. The second-order valence-corrected chi connectivity index (χ2v) is 4.88. The van der Waals surface area contributed by atoms with E-state index in [4.69, 9.17) is 9.47 Å². The van der Waals surface area contributed by atoms with E-state index in [1.807, 2.05) is 24.1 Å². The van der Waals surface area contributed by atoms with Gasteiger partial charge in [0.2, 0.25) is 0 Å². The quantitative estimate of drug-likeness (QED) is 0.788. The Hall–Kier alpha value is -2.15. The maximum absolute atomic E-state index is 12.8. The number of hydrogen-bond donors (Lipinski definition) is 0. The number of alkyl halides is 2. The number of halogens is 2. The van der Waals surface area contributed by atoms with Gasteiger partial charge in [0.15, 0.2) is 0 Å². The van der Waals surface area contributed by atoms with E-state index >= 15 is 0 Å². The van der Waals surface area contributed by atoms with Crippen molar-refractivity contribution in [2.24, 2.45) is 0 Å². The monoisotopic (exact) mass is 311 g/mol. The van der Waals surface area contributed by atoms with E-state index in [0.29, 0.717) is 30.4 Å². The molecular formula is C15H19F2N3O2. The molecule has 22 heavy (non-hydrogen) atoms. The number of ether oxygens (including phenoxy) is 2. The fraction of sp³-hybridized carbons (Fsp3) is 0.400. The molecule has 0 spiro atoms. The van der Waals surface area contributed by atoms with E-state index in [-0.39, 0.29) is 0 Å². The third-order valence-corrected chi connectivity index (χ3v) is 3.30. The molecule has 0 unspecified atom stereocenters. The Morgan fingerprint density at radius 3 is 2.64 bits per heavy atom. The second-order valence-electron chi connectivity index (χ2n) is 4.88. The summed E-state index contributed by atoms with van der Waals surface area (Å²) in [5.74, 6) is 1.73. The third kappa shape index (κ3) is 3.73. The number of rotatable bonds is 7. The van der Waals surface area contributed by atoms with Crippen molar-refractivity contribution in [1.29, 1.82) is 0 Å². The molecule has 0 aliphatic rings. The molecule has 0 aliphatic carbocycles. The lowest BCUT2D eigenvalue weighted by Gasteiger charge is -2.19. The van der Waals surface area contributed by atoms with E-state index < -0.39 is 6.55 Å². The molecule has 120 valence electrons. The molecule has 0 radical (unpaired) electrons. The molecule has 0 aliphatic heterocycles. The van der Waals surface area contributed by atoms with E-state index in [1.54, 1.807) is 20.3 Å². The van der Waals surface area contributed by atoms with Gasteiger partial charge in [-0.05, 0) is 13.1 Å². The highest BCUT2D eigenvalue weighted by Gasteiger charge is 2.14. The molecule has 5 nitrogen and oxygen atoms in total. The molecule has 0 saturated carbocycles. The van der Waals surface area contributed by atoms with Crippen molar-refractivity contribution in [2.75, 3.05) is 21.3 Å². The standard InChI is InChI=1S/C15H19F2N3O2/c1-19(10-14-18-6-7-20(14)15(16)17)9-11-4-5-12(21-2)8-13(11)22-3/h4-8,15H,9-10H2,1-3H3. The average molecular weight is 311 g/mol. The van der Waals surface area contributed by atoms with Crippen LogP contribution in [0.1, 0.15) is 17.9 Å². The Kier molecular flexibility index (Phi) is 5.32. The molecule has 1 aromatic heterocycles. The van der Waals surface area contributed by atoms with E-state index in [0.717, 1.165) is 10.1 Å². The molecule has 1 heterocycles. The normalized spacial score (nSPS) is 11.2. The summed E-state index contributed by atoms with van der Waals surface area (Å²) >= 11 is 0. The van der Waals surface area contributed by atoms with Gasteiger partial charge >= 0.3 is 6.55 Å². The first-order valence-electron chi connectivity index (χ1n) is 6.74. The summed E-state index contributed by atoms with van der Waals surface area (Å²) in [4.78, 5) is 5.87. The van der Waals surface area contributed by atoms with Crippen LogP contribution >= 0.6 is 0 Å². The van der Waals surface area contributed by atoms with Gasteiger partial charge in [0.1, 0.15) is 17.3 Å². The lowest BCUT2D eigenvalue weighted by molar-refractivity contribution is 0.0644.